The number of nitrogens with zero attached hydrogens (tertiary/aromatic N) is 1. The smallest absolute Gasteiger partial charge is 0.256 e. The van der Waals surface area contributed by atoms with Gasteiger partial charge in [0, 0.05) is 36.3 Å². The van der Waals surface area contributed by atoms with Gasteiger partial charge in [-0.25, -0.2) is 9.37 Å². The van der Waals surface area contributed by atoms with Crippen molar-refractivity contribution in [3.63, 3.8) is 0 Å². The molecule has 4 rings (SSSR count). The van der Waals surface area contributed by atoms with Gasteiger partial charge in [0.2, 0.25) is 5.88 Å². The van der Waals surface area contributed by atoms with Gasteiger partial charge in [-0.1, -0.05) is 19.4 Å². The molecule has 0 fully saturated rings. The van der Waals surface area contributed by atoms with E-state index < -0.39 is 0 Å². The molecule has 7 nitrogen and oxygen atoms in total. The van der Waals surface area contributed by atoms with Crippen LogP contribution in [0.2, 0.25) is 0 Å². The highest BCUT2D eigenvalue weighted by molar-refractivity contribution is 6.12. The Bertz CT molecular complexity index is 1490. The van der Waals surface area contributed by atoms with Crippen LogP contribution >= 0.6 is 0 Å². The molecule has 0 saturated heterocycles. The van der Waals surface area contributed by atoms with Crippen molar-refractivity contribution in [1.29, 1.82) is 0 Å². The zero-order chi connectivity index (χ0) is 27.2. The van der Waals surface area contributed by atoms with Gasteiger partial charge in [-0.05, 0) is 66.4 Å². The minimum Gasteiger partial charge on any atom is -0.480 e. The van der Waals surface area contributed by atoms with Gasteiger partial charge in [-0.3, -0.25) is 9.59 Å². The highest BCUT2D eigenvalue weighted by Crippen LogP contribution is 2.38. The van der Waals surface area contributed by atoms with Crippen LogP contribution in [0.3, 0.4) is 0 Å². The number of aromatic nitrogens is 1. The van der Waals surface area contributed by atoms with Gasteiger partial charge >= 0.3 is 0 Å². The van der Waals surface area contributed by atoms with Gasteiger partial charge in [0.15, 0.2) is 0 Å². The molecule has 38 heavy (non-hydrogen) atoms. The Balaban J connectivity index is 1.92. The first-order chi connectivity index (χ1) is 18.4. The predicted molar refractivity (Wildman–Crippen MR) is 146 cm³/mol. The molecule has 0 spiro atoms. The predicted octanol–water partition coefficient (Wildman–Crippen LogP) is 5.93. The molecule has 8 heteroatoms. The normalized spacial score (nSPS) is 10.8. The number of pyridine rings is 1. The van der Waals surface area contributed by atoms with E-state index in [9.17, 15) is 14.0 Å². The van der Waals surface area contributed by atoms with Crippen LogP contribution in [0, 0.1) is 5.82 Å². The lowest BCUT2D eigenvalue weighted by molar-refractivity contribution is 0.0946. The third-order valence-corrected chi connectivity index (χ3v) is 6.23. The summed E-state index contributed by atoms with van der Waals surface area (Å²) >= 11 is 0. The fourth-order valence-corrected chi connectivity index (χ4v) is 4.39. The second kappa shape index (κ2) is 11.7. The summed E-state index contributed by atoms with van der Waals surface area (Å²) in [5, 5.41) is 6.14. The van der Waals surface area contributed by atoms with Gasteiger partial charge in [0.25, 0.3) is 11.8 Å². The van der Waals surface area contributed by atoms with Crippen molar-refractivity contribution in [3.8, 4) is 28.3 Å². The minimum atomic E-state index is -0.379. The molecule has 0 bridgehead atoms. The summed E-state index contributed by atoms with van der Waals surface area (Å²) in [6, 6.07) is 11.4. The Kier molecular flexibility index (Phi) is 8.21. The standard InChI is InChI=1S/C30H30FN3O4/c1-5-7-13-33-28(35)24-14-20(17-34-30(24)37-4)22-16-23-25(15-19(22)8-6-2)38-27(26(23)29(36)32-3)18-9-11-21(31)12-10-18/h5,9-12,14-17H,1,6-8,13H2,2-4H3,(H,32,36)(H,33,35). The van der Waals surface area contributed by atoms with Crippen molar-refractivity contribution >= 4 is 22.8 Å². The molecule has 0 aliphatic carbocycles. The summed E-state index contributed by atoms with van der Waals surface area (Å²) in [7, 11) is 3.02. The number of furan rings is 1. The van der Waals surface area contributed by atoms with Crippen molar-refractivity contribution in [3.05, 3.63) is 83.8 Å². The van der Waals surface area contributed by atoms with Gasteiger partial charge in [-0.2, -0.15) is 0 Å². The first-order valence-electron chi connectivity index (χ1n) is 12.4. The minimum absolute atomic E-state index is 0.218. The monoisotopic (exact) mass is 515 g/mol. The zero-order valence-corrected chi connectivity index (χ0v) is 21.7. The fraction of sp³-hybridized carbons (Fsp3) is 0.233. The topological polar surface area (TPSA) is 93.5 Å². The molecule has 2 aromatic heterocycles. The van der Waals surface area contributed by atoms with Crippen molar-refractivity contribution in [2.45, 2.75) is 26.2 Å². The average molecular weight is 516 g/mol. The first-order valence-corrected chi connectivity index (χ1v) is 12.4. The van der Waals surface area contributed by atoms with E-state index in [2.05, 4.69) is 29.1 Å². The molecule has 196 valence electrons. The van der Waals surface area contributed by atoms with E-state index in [1.54, 1.807) is 37.5 Å². The highest BCUT2D eigenvalue weighted by Gasteiger charge is 2.24. The maximum atomic E-state index is 13.6. The summed E-state index contributed by atoms with van der Waals surface area (Å²) in [5.41, 5.74) is 4.30. The summed E-state index contributed by atoms with van der Waals surface area (Å²) in [6.45, 7) is 6.19. The maximum Gasteiger partial charge on any atom is 0.256 e. The molecule has 2 amide bonds. The number of methoxy groups -OCH3 is 1. The summed E-state index contributed by atoms with van der Waals surface area (Å²) < 4.78 is 25.1. The Labute approximate surface area is 220 Å². The lowest BCUT2D eigenvalue weighted by Crippen LogP contribution is -2.25. The van der Waals surface area contributed by atoms with Gasteiger partial charge in [0.1, 0.15) is 22.7 Å². The van der Waals surface area contributed by atoms with Crippen LogP contribution in [-0.4, -0.2) is 37.5 Å². The molecule has 0 aliphatic rings. The number of hydrogen-bond acceptors (Lipinski definition) is 5. The van der Waals surface area contributed by atoms with E-state index in [1.165, 1.54) is 19.2 Å². The average Bonchev–Trinajstić information content (AvgIpc) is 3.30. The number of halogens is 1. The summed E-state index contributed by atoms with van der Waals surface area (Å²) in [4.78, 5) is 30.3. The Hall–Kier alpha value is -4.46. The van der Waals surface area contributed by atoms with Crippen molar-refractivity contribution in [2.75, 3.05) is 20.7 Å². The second-order valence-electron chi connectivity index (χ2n) is 8.76. The number of benzene rings is 2. The second-order valence-corrected chi connectivity index (χ2v) is 8.76. The van der Waals surface area contributed by atoms with Crippen LogP contribution in [0.15, 0.2) is 65.7 Å². The lowest BCUT2D eigenvalue weighted by Gasteiger charge is -2.13. The van der Waals surface area contributed by atoms with Crippen LogP contribution in [0.4, 0.5) is 4.39 Å². The molecule has 4 aromatic rings. The number of nitrogens with one attached hydrogen (secondary N) is 2. The number of fused-ring (bicyclic) bond motifs is 1. The maximum absolute atomic E-state index is 13.6. The van der Waals surface area contributed by atoms with Crippen LogP contribution in [0.1, 0.15) is 46.0 Å². The zero-order valence-electron chi connectivity index (χ0n) is 21.7. The fourth-order valence-electron chi connectivity index (χ4n) is 4.39. The molecular formula is C30H30FN3O4. The number of carbonyl (C=O) groups excluding carboxylic acids is 2. The summed E-state index contributed by atoms with van der Waals surface area (Å²) in [5.74, 6) is -0.434. The lowest BCUT2D eigenvalue weighted by atomic mass is 9.93. The van der Waals surface area contributed by atoms with E-state index in [4.69, 9.17) is 9.15 Å². The Morgan fingerprint density at radius 2 is 1.89 bits per heavy atom. The third kappa shape index (κ3) is 5.29. The van der Waals surface area contributed by atoms with Gasteiger partial charge in [-0.15, -0.1) is 6.58 Å². The van der Waals surface area contributed by atoms with E-state index in [0.717, 1.165) is 24.0 Å². The van der Waals surface area contributed by atoms with Crippen LogP contribution in [-0.2, 0) is 6.42 Å². The molecule has 0 aliphatic heterocycles. The Morgan fingerprint density at radius 1 is 1.13 bits per heavy atom. The van der Waals surface area contributed by atoms with E-state index >= 15 is 0 Å². The largest absolute Gasteiger partial charge is 0.480 e. The highest BCUT2D eigenvalue weighted by atomic mass is 19.1. The molecule has 0 atom stereocenters. The molecule has 0 unspecified atom stereocenters. The number of amides is 2. The van der Waals surface area contributed by atoms with Crippen LogP contribution < -0.4 is 15.4 Å². The molecule has 0 saturated carbocycles. The third-order valence-electron chi connectivity index (χ3n) is 6.23. The number of carbonyl (C=O) groups is 2. The summed E-state index contributed by atoms with van der Waals surface area (Å²) in [6.07, 6.45) is 5.62. The number of hydrogen-bond donors (Lipinski definition) is 2. The molecule has 2 N–H and O–H groups in total. The Morgan fingerprint density at radius 3 is 2.55 bits per heavy atom. The quantitative estimate of drug-likeness (QED) is 0.202. The van der Waals surface area contributed by atoms with Gasteiger partial charge < -0.3 is 19.8 Å². The number of ether oxygens (including phenoxy) is 1. The van der Waals surface area contributed by atoms with E-state index in [-0.39, 0.29) is 23.5 Å². The van der Waals surface area contributed by atoms with Gasteiger partial charge in [0.05, 0.1) is 12.7 Å². The molecule has 0 radical (unpaired) electrons. The first kappa shape index (κ1) is 26.6. The number of rotatable bonds is 10. The number of aryl methyl sites for hydroxylation is 1. The van der Waals surface area contributed by atoms with E-state index in [1.807, 2.05) is 12.1 Å². The molecule has 2 heterocycles. The van der Waals surface area contributed by atoms with Crippen LogP contribution in [0.25, 0.3) is 33.4 Å². The van der Waals surface area contributed by atoms with Crippen molar-refractivity contribution in [1.82, 2.24) is 15.6 Å². The van der Waals surface area contributed by atoms with Crippen molar-refractivity contribution in [2.24, 2.45) is 0 Å². The van der Waals surface area contributed by atoms with E-state index in [0.29, 0.717) is 51.9 Å². The molecular weight excluding hydrogens is 485 g/mol. The van der Waals surface area contributed by atoms with Crippen molar-refractivity contribution < 1.29 is 23.1 Å². The molecule has 2 aromatic carbocycles. The van der Waals surface area contributed by atoms with Crippen LogP contribution in [0.5, 0.6) is 5.88 Å². The SMILES string of the molecule is C=CCCNC(=O)c1cc(-c2cc3c(C(=O)NC)c(-c4ccc(F)cc4)oc3cc2CCC)cnc1OC.